The predicted octanol–water partition coefficient (Wildman–Crippen LogP) is 0.709. The van der Waals surface area contributed by atoms with E-state index in [1.165, 1.54) is 0 Å². The van der Waals surface area contributed by atoms with E-state index in [0.29, 0.717) is 0 Å². The van der Waals surface area contributed by atoms with E-state index < -0.39 is 0 Å². The predicted molar refractivity (Wildman–Crippen MR) is 32.5 cm³/mol. The van der Waals surface area contributed by atoms with Crippen LogP contribution in [0.2, 0.25) is 0 Å². The van der Waals surface area contributed by atoms with E-state index in [1.807, 2.05) is 13.0 Å². The Morgan fingerprint density at radius 2 is 2.00 bits per heavy atom. The van der Waals surface area contributed by atoms with E-state index in [-0.39, 0.29) is 0 Å². The van der Waals surface area contributed by atoms with Gasteiger partial charge in [-0.05, 0) is 0 Å². The molecule has 32 valence electrons. The van der Waals surface area contributed by atoms with Gasteiger partial charge in [-0.25, -0.2) is 0 Å². The maximum absolute atomic E-state index is 2.21. The summed E-state index contributed by atoms with van der Waals surface area (Å²) in [6, 6.07) is 0. The normalized spacial score (nSPS) is 11.5. The molecule has 0 heterocycles. The second kappa shape index (κ2) is 5.35. The zero-order valence-corrected chi connectivity index (χ0v) is 10.0. The van der Waals surface area contributed by atoms with Gasteiger partial charge < -0.3 is 0 Å². The molecule has 0 atom stereocenters. The first kappa shape index (κ1) is 6.35. The van der Waals surface area contributed by atoms with Gasteiger partial charge in [-0.1, -0.05) is 0 Å². The Labute approximate surface area is 53.5 Å². The molecule has 1 heteroatoms. The Bertz CT molecular complexity index is 52.3. The Morgan fingerprint density at radius 1 is 1.33 bits per heavy atom. The summed E-state index contributed by atoms with van der Waals surface area (Å²) in [5.41, 5.74) is 0. The minimum absolute atomic E-state index is 0.747. The molecule has 0 rings (SSSR count). The molecule has 0 radical (unpaired) electrons. The van der Waals surface area contributed by atoms with E-state index in [2.05, 4.69) is 16.0 Å². The SMILES string of the molecule is CC=CC=[CH][InH2]. The van der Waals surface area contributed by atoms with Gasteiger partial charge in [0, 0.05) is 0 Å². The van der Waals surface area contributed by atoms with Gasteiger partial charge in [0.25, 0.3) is 0 Å². The van der Waals surface area contributed by atoms with Crippen molar-refractivity contribution < 1.29 is 0 Å². The first-order chi connectivity index (χ1) is 2.91. The molecular formula is C5H9In. The summed E-state index contributed by atoms with van der Waals surface area (Å²) in [7, 11) is 0. The molecule has 0 aromatic heterocycles. The number of rotatable bonds is 1. The van der Waals surface area contributed by atoms with E-state index >= 15 is 0 Å². The van der Waals surface area contributed by atoms with Crippen molar-refractivity contribution >= 4 is 24.4 Å². The van der Waals surface area contributed by atoms with Crippen LogP contribution in [0, 0.1) is 0 Å². The Kier molecular flexibility index (Phi) is 5.66. The standard InChI is InChI=1S/C5H7.In.2H/c1-3-5-4-2;;;/h1,3-5H,2H3;;;. The first-order valence-corrected chi connectivity index (χ1v) is 5.45. The molecule has 0 aromatic rings. The molecule has 0 N–H and O–H groups in total. The van der Waals surface area contributed by atoms with Gasteiger partial charge in [0.15, 0.2) is 0 Å². The Balaban J connectivity index is 3.07. The van der Waals surface area contributed by atoms with Gasteiger partial charge in [-0.2, -0.15) is 0 Å². The third kappa shape index (κ3) is 4.35. The summed E-state index contributed by atoms with van der Waals surface area (Å²) in [6.07, 6.45) is 6.18. The van der Waals surface area contributed by atoms with Crippen molar-refractivity contribution in [2.75, 3.05) is 0 Å². The van der Waals surface area contributed by atoms with Crippen LogP contribution in [0.25, 0.3) is 0 Å². The Morgan fingerprint density at radius 3 is 2.17 bits per heavy atom. The van der Waals surface area contributed by atoms with E-state index in [0.717, 1.165) is 24.4 Å². The molecule has 0 amide bonds. The molecule has 0 unspecified atom stereocenters. The Hall–Kier alpha value is 0.350. The zero-order valence-electron chi connectivity index (χ0n) is 4.31. The molecule has 0 saturated heterocycles. The van der Waals surface area contributed by atoms with Gasteiger partial charge >= 0.3 is 53.4 Å². The van der Waals surface area contributed by atoms with E-state index in [4.69, 9.17) is 0 Å². The molecule has 0 aliphatic heterocycles. The topological polar surface area (TPSA) is 0 Å². The van der Waals surface area contributed by atoms with Crippen molar-refractivity contribution in [3.05, 3.63) is 22.1 Å². The second-order valence-corrected chi connectivity index (χ2v) is 2.95. The zero-order chi connectivity index (χ0) is 4.83. The van der Waals surface area contributed by atoms with Crippen LogP contribution < -0.4 is 0 Å². The fourth-order valence-electron chi connectivity index (χ4n) is 0.222. The van der Waals surface area contributed by atoms with Crippen LogP contribution in [0.15, 0.2) is 22.1 Å². The van der Waals surface area contributed by atoms with Crippen LogP contribution in [-0.4, -0.2) is 24.4 Å². The summed E-state index contributed by atoms with van der Waals surface area (Å²) in [6.45, 7) is 2.02. The van der Waals surface area contributed by atoms with Gasteiger partial charge in [0.2, 0.25) is 0 Å². The van der Waals surface area contributed by atoms with Crippen LogP contribution in [0.3, 0.4) is 0 Å². The van der Waals surface area contributed by atoms with Gasteiger partial charge in [0.05, 0.1) is 0 Å². The van der Waals surface area contributed by atoms with Crippen molar-refractivity contribution in [2.45, 2.75) is 6.92 Å². The summed E-state index contributed by atoms with van der Waals surface area (Å²) < 4.78 is 2.21. The monoisotopic (exact) mass is 184 g/mol. The number of hydrogen-bond acceptors (Lipinski definition) is 0. The van der Waals surface area contributed by atoms with Gasteiger partial charge in [-0.15, -0.1) is 0 Å². The molecule has 0 nitrogen and oxygen atoms in total. The minimum atomic E-state index is 0.747. The fourth-order valence-corrected chi connectivity index (χ4v) is 0.856. The molecule has 0 aliphatic rings. The summed E-state index contributed by atoms with van der Waals surface area (Å²) in [5.74, 6) is 0. The average molecular weight is 184 g/mol. The average Bonchev–Trinajstić information content (AvgIpc) is 1.61. The van der Waals surface area contributed by atoms with Crippen LogP contribution in [0.4, 0.5) is 0 Å². The van der Waals surface area contributed by atoms with Crippen molar-refractivity contribution in [3.63, 3.8) is 0 Å². The molecule has 0 fully saturated rings. The van der Waals surface area contributed by atoms with Crippen molar-refractivity contribution in [1.29, 1.82) is 0 Å². The number of allylic oxidation sites excluding steroid dienone is 3. The first-order valence-electron chi connectivity index (χ1n) is 2.15. The molecule has 0 spiro atoms. The van der Waals surface area contributed by atoms with E-state index in [9.17, 15) is 0 Å². The molecular weight excluding hydrogens is 175 g/mol. The third-order valence-electron chi connectivity index (χ3n) is 0.496. The fraction of sp³-hybridized carbons (Fsp3) is 0.200. The summed E-state index contributed by atoms with van der Waals surface area (Å²) >= 11 is 0.747. The molecule has 0 aliphatic carbocycles. The number of hydrogen-bond donors (Lipinski definition) is 0. The van der Waals surface area contributed by atoms with Crippen LogP contribution in [0.1, 0.15) is 6.92 Å². The van der Waals surface area contributed by atoms with Crippen LogP contribution in [-0.2, 0) is 0 Å². The van der Waals surface area contributed by atoms with Crippen LogP contribution in [0.5, 0.6) is 0 Å². The van der Waals surface area contributed by atoms with Crippen LogP contribution >= 0.6 is 0 Å². The van der Waals surface area contributed by atoms with Crippen molar-refractivity contribution in [1.82, 2.24) is 0 Å². The molecule has 0 bridgehead atoms. The quantitative estimate of drug-likeness (QED) is 0.526. The third-order valence-corrected chi connectivity index (χ3v) is 1.59. The van der Waals surface area contributed by atoms with Gasteiger partial charge in [0.1, 0.15) is 0 Å². The van der Waals surface area contributed by atoms with Crippen molar-refractivity contribution in [3.8, 4) is 0 Å². The van der Waals surface area contributed by atoms with Crippen molar-refractivity contribution in [2.24, 2.45) is 0 Å². The van der Waals surface area contributed by atoms with Gasteiger partial charge in [-0.3, -0.25) is 0 Å². The maximum atomic E-state index is 2.21. The molecule has 0 aromatic carbocycles. The molecule has 6 heavy (non-hydrogen) atoms. The summed E-state index contributed by atoms with van der Waals surface area (Å²) in [5, 5.41) is 0. The second-order valence-electron chi connectivity index (χ2n) is 1.05. The molecule has 0 saturated carbocycles. The summed E-state index contributed by atoms with van der Waals surface area (Å²) in [4.78, 5) is 0. The van der Waals surface area contributed by atoms with E-state index in [1.54, 1.807) is 0 Å².